The Morgan fingerprint density at radius 3 is 2.43 bits per heavy atom. The van der Waals surface area contributed by atoms with Gasteiger partial charge in [-0.3, -0.25) is 0 Å². The van der Waals surface area contributed by atoms with Gasteiger partial charge in [-0.1, -0.05) is 55.3 Å². The van der Waals surface area contributed by atoms with Crippen LogP contribution in [-0.4, -0.2) is 13.2 Å². The number of benzene rings is 2. The molecule has 0 bridgehead atoms. The minimum atomic E-state index is 0.353. The Balaban J connectivity index is 1.81. The quantitative estimate of drug-likeness (QED) is 0.704. The minimum absolute atomic E-state index is 0.353. The monoisotopic (exact) mass is 303 g/mol. The summed E-state index contributed by atoms with van der Waals surface area (Å²) in [6.07, 6.45) is 2.24. The highest BCUT2D eigenvalue weighted by atomic mass is 35.5. The van der Waals surface area contributed by atoms with E-state index in [2.05, 4.69) is 24.4 Å². The van der Waals surface area contributed by atoms with Gasteiger partial charge in [-0.2, -0.15) is 0 Å². The van der Waals surface area contributed by atoms with Crippen LogP contribution in [-0.2, 0) is 0 Å². The van der Waals surface area contributed by atoms with Crippen LogP contribution in [0.15, 0.2) is 54.6 Å². The van der Waals surface area contributed by atoms with Gasteiger partial charge in [0.15, 0.2) is 0 Å². The van der Waals surface area contributed by atoms with Crippen molar-refractivity contribution in [3.63, 3.8) is 0 Å². The maximum absolute atomic E-state index is 5.95. The molecule has 0 saturated heterocycles. The van der Waals surface area contributed by atoms with E-state index in [1.54, 1.807) is 0 Å². The molecule has 0 saturated carbocycles. The molecule has 2 aromatic rings. The molecule has 0 heterocycles. The van der Waals surface area contributed by atoms with E-state index in [0.29, 0.717) is 12.6 Å². The zero-order valence-corrected chi connectivity index (χ0v) is 13.1. The van der Waals surface area contributed by atoms with E-state index in [4.69, 9.17) is 16.3 Å². The molecule has 1 N–H and O–H groups in total. The first-order valence-electron chi connectivity index (χ1n) is 7.46. The Morgan fingerprint density at radius 1 is 1.05 bits per heavy atom. The second-order valence-corrected chi connectivity index (χ2v) is 5.44. The molecule has 3 heteroatoms. The molecule has 112 valence electrons. The number of hydrogen-bond acceptors (Lipinski definition) is 2. The van der Waals surface area contributed by atoms with Crippen LogP contribution < -0.4 is 10.1 Å². The smallest absolute Gasteiger partial charge is 0.119 e. The van der Waals surface area contributed by atoms with Crippen molar-refractivity contribution in [2.45, 2.75) is 25.8 Å². The first-order valence-corrected chi connectivity index (χ1v) is 7.84. The highest BCUT2D eigenvalue weighted by molar-refractivity contribution is 6.30. The van der Waals surface area contributed by atoms with Gasteiger partial charge in [-0.05, 0) is 36.2 Å². The van der Waals surface area contributed by atoms with Crippen LogP contribution >= 0.6 is 11.6 Å². The van der Waals surface area contributed by atoms with Crippen molar-refractivity contribution in [1.82, 2.24) is 5.32 Å². The zero-order chi connectivity index (χ0) is 14.9. The summed E-state index contributed by atoms with van der Waals surface area (Å²) in [7, 11) is 0. The standard InChI is InChI=1S/C18H22ClNO/c1-2-6-18(15-9-11-16(19)12-10-15)20-13-14-21-17-7-4-3-5-8-17/h3-5,7-12,18,20H,2,6,13-14H2,1H3. The Bertz CT molecular complexity index is 513. The van der Waals surface area contributed by atoms with Crippen molar-refractivity contribution < 1.29 is 4.74 Å². The number of halogens is 1. The predicted molar refractivity (Wildman–Crippen MR) is 89.0 cm³/mol. The SMILES string of the molecule is CCCC(NCCOc1ccccc1)c1ccc(Cl)cc1. The number of para-hydroxylation sites is 1. The van der Waals surface area contributed by atoms with Gasteiger partial charge < -0.3 is 10.1 Å². The lowest BCUT2D eigenvalue weighted by Crippen LogP contribution is -2.26. The first-order chi connectivity index (χ1) is 10.3. The third kappa shape index (κ3) is 5.41. The Morgan fingerprint density at radius 2 is 1.76 bits per heavy atom. The average molecular weight is 304 g/mol. The van der Waals surface area contributed by atoms with Gasteiger partial charge in [0.25, 0.3) is 0 Å². The Hall–Kier alpha value is -1.51. The first kappa shape index (κ1) is 15.9. The van der Waals surface area contributed by atoms with E-state index >= 15 is 0 Å². The van der Waals surface area contributed by atoms with Crippen molar-refractivity contribution >= 4 is 11.6 Å². The van der Waals surface area contributed by atoms with Crippen LogP contribution in [0.25, 0.3) is 0 Å². The van der Waals surface area contributed by atoms with Crippen molar-refractivity contribution in [2.75, 3.05) is 13.2 Å². The van der Waals surface area contributed by atoms with Crippen molar-refractivity contribution in [1.29, 1.82) is 0 Å². The number of ether oxygens (including phenoxy) is 1. The van der Waals surface area contributed by atoms with E-state index in [0.717, 1.165) is 30.2 Å². The molecule has 0 spiro atoms. The van der Waals surface area contributed by atoms with Crippen LogP contribution in [0.5, 0.6) is 5.75 Å². The van der Waals surface area contributed by atoms with Crippen molar-refractivity contribution in [3.05, 3.63) is 65.2 Å². The van der Waals surface area contributed by atoms with Gasteiger partial charge in [0.2, 0.25) is 0 Å². The summed E-state index contributed by atoms with van der Waals surface area (Å²) < 4.78 is 5.71. The molecule has 0 fully saturated rings. The van der Waals surface area contributed by atoms with Gasteiger partial charge in [-0.15, -0.1) is 0 Å². The zero-order valence-electron chi connectivity index (χ0n) is 12.4. The molecular weight excluding hydrogens is 282 g/mol. The van der Waals surface area contributed by atoms with Crippen LogP contribution in [0.3, 0.4) is 0 Å². The fraction of sp³-hybridized carbons (Fsp3) is 0.333. The van der Waals surface area contributed by atoms with E-state index < -0.39 is 0 Å². The summed E-state index contributed by atoms with van der Waals surface area (Å²) in [4.78, 5) is 0. The van der Waals surface area contributed by atoms with E-state index in [-0.39, 0.29) is 0 Å². The molecule has 0 aliphatic carbocycles. The van der Waals surface area contributed by atoms with Crippen LogP contribution in [0.2, 0.25) is 5.02 Å². The van der Waals surface area contributed by atoms with Crippen LogP contribution in [0.4, 0.5) is 0 Å². The van der Waals surface area contributed by atoms with Gasteiger partial charge >= 0.3 is 0 Å². The number of nitrogens with one attached hydrogen (secondary N) is 1. The predicted octanol–water partition coefficient (Wildman–Crippen LogP) is 4.85. The summed E-state index contributed by atoms with van der Waals surface area (Å²) in [6.45, 7) is 3.69. The van der Waals surface area contributed by atoms with Gasteiger partial charge in [0.05, 0.1) is 0 Å². The van der Waals surface area contributed by atoms with Gasteiger partial charge in [0.1, 0.15) is 12.4 Å². The maximum Gasteiger partial charge on any atom is 0.119 e. The lowest BCUT2D eigenvalue weighted by molar-refractivity contribution is 0.303. The summed E-state index contributed by atoms with van der Waals surface area (Å²) >= 11 is 5.95. The molecule has 0 amide bonds. The lowest BCUT2D eigenvalue weighted by atomic mass is 10.0. The normalized spacial score (nSPS) is 12.1. The summed E-state index contributed by atoms with van der Waals surface area (Å²) in [5.41, 5.74) is 1.28. The average Bonchev–Trinajstić information content (AvgIpc) is 2.52. The second-order valence-electron chi connectivity index (χ2n) is 5.01. The maximum atomic E-state index is 5.95. The molecule has 21 heavy (non-hydrogen) atoms. The van der Waals surface area contributed by atoms with Crippen molar-refractivity contribution in [3.8, 4) is 5.75 Å². The van der Waals surface area contributed by atoms with E-state index in [9.17, 15) is 0 Å². The third-order valence-electron chi connectivity index (χ3n) is 3.35. The molecule has 0 aromatic heterocycles. The van der Waals surface area contributed by atoms with Crippen LogP contribution in [0, 0.1) is 0 Å². The molecule has 1 unspecified atom stereocenters. The van der Waals surface area contributed by atoms with Crippen LogP contribution in [0.1, 0.15) is 31.4 Å². The van der Waals surface area contributed by atoms with Crippen molar-refractivity contribution in [2.24, 2.45) is 0 Å². The fourth-order valence-corrected chi connectivity index (χ4v) is 2.42. The van der Waals surface area contributed by atoms with Gasteiger partial charge in [0, 0.05) is 17.6 Å². The molecule has 0 aliphatic rings. The molecular formula is C18H22ClNO. The minimum Gasteiger partial charge on any atom is -0.492 e. The molecule has 1 atom stereocenters. The fourth-order valence-electron chi connectivity index (χ4n) is 2.29. The summed E-state index contributed by atoms with van der Waals surface area (Å²) in [5, 5.41) is 4.34. The lowest BCUT2D eigenvalue weighted by Gasteiger charge is -2.19. The number of rotatable bonds is 8. The molecule has 2 rings (SSSR count). The summed E-state index contributed by atoms with van der Waals surface area (Å²) in [6, 6.07) is 18.3. The third-order valence-corrected chi connectivity index (χ3v) is 3.61. The molecule has 2 aromatic carbocycles. The Kier molecular flexibility index (Phi) is 6.58. The van der Waals surface area contributed by atoms with E-state index in [1.165, 1.54) is 5.56 Å². The topological polar surface area (TPSA) is 21.3 Å². The largest absolute Gasteiger partial charge is 0.492 e. The van der Waals surface area contributed by atoms with E-state index in [1.807, 2.05) is 42.5 Å². The number of hydrogen-bond donors (Lipinski definition) is 1. The highest BCUT2D eigenvalue weighted by Gasteiger charge is 2.09. The highest BCUT2D eigenvalue weighted by Crippen LogP contribution is 2.20. The molecule has 0 radical (unpaired) electrons. The summed E-state index contributed by atoms with van der Waals surface area (Å²) in [5.74, 6) is 0.915. The molecule has 2 nitrogen and oxygen atoms in total. The second kappa shape index (κ2) is 8.71. The Labute approximate surface area is 132 Å². The molecule has 0 aliphatic heterocycles. The van der Waals surface area contributed by atoms with Gasteiger partial charge in [-0.25, -0.2) is 0 Å².